The first-order chi connectivity index (χ1) is 13.4. The zero-order valence-electron chi connectivity index (χ0n) is 16.7. The number of hydrogen-bond acceptors (Lipinski definition) is 2. The zero-order chi connectivity index (χ0) is 20.1. The van der Waals surface area contributed by atoms with Gasteiger partial charge in [0.05, 0.1) is 5.92 Å². The van der Waals surface area contributed by atoms with Gasteiger partial charge in [0.2, 0.25) is 0 Å². The summed E-state index contributed by atoms with van der Waals surface area (Å²) in [4.78, 5) is 26.1. The minimum atomic E-state index is -0.488. The van der Waals surface area contributed by atoms with Crippen molar-refractivity contribution in [1.29, 1.82) is 0 Å². The lowest BCUT2D eigenvalue weighted by atomic mass is 9.84. The van der Waals surface area contributed by atoms with Gasteiger partial charge in [0.1, 0.15) is 0 Å². The molecule has 28 heavy (non-hydrogen) atoms. The highest BCUT2D eigenvalue weighted by atomic mass is 16.1. The van der Waals surface area contributed by atoms with E-state index in [0.29, 0.717) is 11.1 Å². The molecule has 3 aromatic rings. The molecule has 1 atom stereocenters. The molecule has 0 aliphatic rings. The molecule has 0 bridgehead atoms. The summed E-state index contributed by atoms with van der Waals surface area (Å²) in [5.41, 5.74) is 3.37. The van der Waals surface area contributed by atoms with Crippen molar-refractivity contribution in [3.05, 3.63) is 107 Å². The van der Waals surface area contributed by atoms with E-state index >= 15 is 0 Å². The molecule has 2 heteroatoms. The zero-order valence-corrected chi connectivity index (χ0v) is 16.7. The molecule has 0 saturated carbocycles. The fourth-order valence-corrected chi connectivity index (χ4v) is 3.31. The second-order valence-corrected chi connectivity index (χ2v) is 8.15. The first-order valence-corrected chi connectivity index (χ1v) is 9.64. The average Bonchev–Trinajstić information content (AvgIpc) is 2.72. The normalized spacial score (nSPS) is 12.4. The Hall–Kier alpha value is -3.00. The van der Waals surface area contributed by atoms with E-state index in [0.717, 1.165) is 5.56 Å². The van der Waals surface area contributed by atoms with Crippen LogP contribution in [-0.2, 0) is 5.41 Å². The summed E-state index contributed by atoms with van der Waals surface area (Å²) in [5, 5.41) is 0. The van der Waals surface area contributed by atoms with Gasteiger partial charge >= 0.3 is 0 Å². The van der Waals surface area contributed by atoms with Gasteiger partial charge in [-0.25, -0.2) is 0 Å². The van der Waals surface area contributed by atoms with Crippen molar-refractivity contribution in [1.82, 2.24) is 0 Å². The molecule has 0 saturated heterocycles. The highest BCUT2D eigenvalue weighted by molar-refractivity contribution is 6.06. The molecule has 0 amide bonds. The first kappa shape index (κ1) is 19.8. The van der Waals surface area contributed by atoms with Gasteiger partial charge < -0.3 is 0 Å². The Morgan fingerprint density at radius 3 is 1.79 bits per heavy atom. The summed E-state index contributed by atoms with van der Waals surface area (Å²) in [5.74, 6) is -0.525. The molecule has 0 radical (unpaired) electrons. The monoisotopic (exact) mass is 370 g/mol. The van der Waals surface area contributed by atoms with Crippen LogP contribution in [0.25, 0.3) is 0 Å². The van der Waals surface area contributed by atoms with Crippen molar-refractivity contribution in [3.8, 4) is 0 Å². The predicted octanol–water partition coefficient (Wildman–Crippen LogP) is 6.22. The fraction of sp³-hybridized carbons (Fsp3) is 0.231. The largest absolute Gasteiger partial charge is 0.294 e. The van der Waals surface area contributed by atoms with Gasteiger partial charge in [0.25, 0.3) is 0 Å². The van der Waals surface area contributed by atoms with Crippen molar-refractivity contribution < 1.29 is 9.59 Å². The van der Waals surface area contributed by atoms with Crippen molar-refractivity contribution >= 4 is 11.6 Å². The van der Waals surface area contributed by atoms with Crippen LogP contribution in [0.1, 0.15) is 65.0 Å². The molecule has 0 N–H and O–H groups in total. The predicted molar refractivity (Wildman–Crippen MR) is 114 cm³/mol. The Bertz CT molecular complexity index is 933. The van der Waals surface area contributed by atoms with E-state index in [-0.39, 0.29) is 23.4 Å². The summed E-state index contributed by atoms with van der Waals surface area (Å²) in [6.07, 6.45) is 0.159. The second kappa shape index (κ2) is 8.35. The summed E-state index contributed by atoms with van der Waals surface area (Å²) >= 11 is 0. The van der Waals surface area contributed by atoms with Crippen LogP contribution in [0.3, 0.4) is 0 Å². The van der Waals surface area contributed by atoms with Crippen LogP contribution >= 0.6 is 0 Å². The second-order valence-electron chi connectivity index (χ2n) is 8.15. The van der Waals surface area contributed by atoms with Crippen molar-refractivity contribution in [2.75, 3.05) is 0 Å². The maximum absolute atomic E-state index is 13.1. The first-order valence-electron chi connectivity index (χ1n) is 9.64. The average molecular weight is 370 g/mol. The number of rotatable bonds is 6. The quantitative estimate of drug-likeness (QED) is 0.482. The Kier molecular flexibility index (Phi) is 5.89. The highest BCUT2D eigenvalue weighted by Crippen LogP contribution is 2.27. The smallest absolute Gasteiger partial charge is 0.170 e. The van der Waals surface area contributed by atoms with E-state index in [1.165, 1.54) is 5.56 Å². The lowest BCUT2D eigenvalue weighted by molar-refractivity contribution is 0.0893. The lowest BCUT2D eigenvalue weighted by Crippen LogP contribution is -2.17. The van der Waals surface area contributed by atoms with E-state index in [4.69, 9.17) is 0 Å². The molecule has 1 unspecified atom stereocenters. The topological polar surface area (TPSA) is 34.1 Å². The van der Waals surface area contributed by atoms with Crippen LogP contribution in [0, 0.1) is 0 Å². The lowest BCUT2D eigenvalue weighted by Gasteiger charge is -2.19. The number of Topliss-reactive ketones (excluding diaryl/α,β-unsaturated/α-hetero) is 2. The van der Waals surface area contributed by atoms with Crippen molar-refractivity contribution in [3.63, 3.8) is 0 Å². The standard InChI is InChI=1S/C26H26O2/c1-26(2,3)22-16-14-20(15-17-22)24(27)18-23(19-10-6-4-7-11-19)25(28)21-12-8-5-9-13-21/h4-17,23H,18H2,1-3H3. The number of hydrogen-bond donors (Lipinski definition) is 0. The molecule has 0 spiro atoms. The van der Waals surface area contributed by atoms with Gasteiger partial charge in [-0.15, -0.1) is 0 Å². The van der Waals surface area contributed by atoms with Crippen LogP contribution in [0.5, 0.6) is 0 Å². The third-order valence-corrected chi connectivity index (χ3v) is 5.04. The van der Waals surface area contributed by atoms with Crippen molar-refractivity contribution in [2.24, 2.45) is 0 Å². The van der Waals surface area contributed by atoms with Gasteiger partial charge in [0.15, 0.2) is 11.6 Å². The van der Waals surface area contributed by atoms with Gasteiger partial charge in [-0.2, -0.15) is 0 Å². The third-order valence-electron chi connectivity index (χ3n) is 5.04. The van der Waals surface area contributed by atoms with E-state index in [1.807, 2.05) is 72.8 Å². The summed E-state index contributed by atoms with van der Waals surface area (Å²) in [6, 6.07) is 26.5. The maximum Gasteiger partial charge on any atom is 0.170 e. The fourth-order valence-electron chi connectivity index (χ4n) is 3.31. The summed E-state index contributed by atoms with van der Waals surface area (Å²) in [6.45, 7) is 6.44. The molecule has 0 heterocycles. The van der Waals surface area contributed by atoms with E-state index in [1.54, 1.807) is 12.1 Å². The van der Waals surface area contributed by atoms with Gasteiger partial charge in [0, 0.05) is 17.5 Å². The summed E-state index contributed by atoms with van der Waals surface area (Å²) < 4.78 is 0. The van der Waals surface area contributed by atoms with Crippen molar-refractivity contribution in [2.45, 2.75) is 38.5 Å². The minimum absolute atomic E-state index is 0.0152. The molecular weight excluding hydrogens is 344 g/mol. The third kappa shape index (κ3) is 4.64. The number of carbonyl (C=O) groups excluding carboxylic acids is 2. The van der Waals surface area contributed by atoms with Crippen LogP contribution in [-0.4, -0.2) is 11.6 Å². The number of ketones is 2. The SMILES string of the molecule is CC(C)(C)c1ccc(C(=O)CC(C(=O)c2ccccc2)c2ccccc2)cc1. The molecule has 0 fully saturated rings. The van der Waals surface area contributed by atoms with Gasteiger partial charge in [-0.05, 0) is 16.5 Å². The van der Waals surface area contributed by atoms with E-state index < -0.39 is 5.92 Å². The van der Waals surface area contributed by atoms with Crippen LogP contribution in [0.2, 0.25) is 0 Å². The van der Waals surface area contributed by atoms with Crippen LogP contribution in [0.4, 0.5) is 0 Å². The molecule has 2 nitrogen and oxygen atoms in total. The van der Waals surface area contributed by atoms with Gasteiger partial charge in [-0.3, -0.25) is 9.59 Å². The number of carbonyl (C=O) groups is 2. The molecule has 0 aliphatic carbocycles. The molecule has 142 valence electrons. The van der Waals surface area contributed by atoms with Crippen LogP contribution < -0.4 is 0 Å². The Balaban J connectivity index is 1.87. The Morgan fingerprint density at radius 2 is 1.25 bits per heavy atom. The van der Waals surface area contributed by atoms with E-state index in [2.05, 4.69) is 20.8 Å². The minimum Gasteiger partial charge on any atom is -0.294 e. The maximum atomic E-state index is 13.1. The van der Waals surface area contributed by atoms with Gasteiger partial charge in [-0.1, -0.05) is 106 Å². The summed E-state index contributed by atoms with van der Waals surface area (Å²) in [7, 11) is 0. The van der Waals surface area contributed by atoms with Crippen LogP contribution in [0.15, 0.2) is 84.9 Å². The molecule has 3 rings (SSSR count). The Labute approximate surface area is 167 Å². The highest BCUT2D eigenvalue weighted by Gasteiger charge is 2.25. The molecule has 0 aromatic heterocycles. The molecule has 0 aliphatic heterocycles. The molecular formula is C26H26O2. The van der Waals surface area contributed by atoms with E-state index in [9.17, 15) is 9.59 Å². The Morgan fingerprint density at radius 1 is 0.714 bits per heavy atom. The number of benzene rings is 3. The molecule has 3 aromatic carbocycles.